The fraction of sp³-hybridized carbons (Fsp3) is 0.944. The predicted molar refractivity (Wildman–Crippen MR) is 186 cm³/mol. The van der Waals surface area contributed by atoms with Gasteiger partial charge in [-0.05, 0) is 31.0 Å². The maximum atomic E-state index is 12.9. The third-order valence-corrected chi connectivity index (χ3v) is 14.2. The zero-order valence-electron chi connectivity index (χ0n) is 30.2. The molecule has 0 unspecified atom stereocenters. The number of ketones is 1. The van der Waals surface area contributed by atoms with Crippen LogP contribution in [0.2, 0.25) is 18.1 Å². The van der Waals surface area contributed by atoms with Crippen LogP contribution in [0, 0.1) is 0 Å². The normalized spacial score (nSPS) is 22.5. The molecule has 1 aliphatic heterocycles. The number of nitrogens with one attached hydrogen (secondary N) is 1. The summed E-state index contributed by atoms with van der Waals surface area (Å²) in [5, 5.41) is 25.1. The van der Waals surface area contributed by atoms with Crippen molar-refractivity contribution in [1.82, 2.24) is 5.32 Å². The second-order valence-corrected chi connectivity index (χ2v) is 19.6. The van der Waals surface area contributed by atoms with E-state index in [-0.39, 0.29) is 23.8 Å². The number of hydrogen-bond acceptors (Lipinski definition) is 7. The molecule has 0 spiro atoms. The number of unbranched alkanes of at least 4 members (excludes halogenated alkanes) is 15. The van der Waals surface area contributed by atoms with Crippen molar-refractivity contribution in [3.63, 3.8) is 0 Å². The predicted octanol–water partition coefficient (Wildman–Crippen LogP) is 7.98. The first-order chi connectivity index (χ1) is 21.3. The molecule has 1 heterocycles. The molecule has 0 radical (unpaired) electrons. The second-order valence-electron chi connectivity index (χ2n) is 14.8. The molecule has 1 saturated heterocycles. The fourth-order valence-electron chi connectivity index (χ4n) is 5.52. The van der Waals surface area contributed by atoms with Crippen molar-refractivity contribution in [2.45, 2.75) is 205 Å². The molecule has 9 heteroatoms. The van der Waals surface area contributed by atoms with Crippen LogP contribution in [0.15, 0.2) is 0 Å². The smallest absolute Gasteiger partial charge is 0.227 e. The number of amides is 1. The molecule has 3 N–H and O–H groups in total. The van der Waals surface area contributed by atoms with Crippen molar-refractivity contribution in [2.75, 3.05) is 13.2 Å². The first-order valence-electron chi connectivity index (χ1n) is 18.4. The lowest BCUT2D eigenvalue weighted by Crippen LogP contribution is -2.65. The molecular weight excluding hydrogens is 586 g/mol. The Kier molecular flexibility index (Phi) is 22.0. The van der Waals surface area contributed by atoms with E-state index in [1.807, 2.05) is 0 Å². The van der Waals surface area contributed by atoms with Crippen molar-refractivity contribution in [1.29, 1.82) is 0 Å². The first kappa shape index (κ1) is 42.2. The van der Waals surface area contributed by atoms with E-state index in [1.165, 1.54) is 70.6 Å². The minimum Gasteiger partial charge on any atom is -0.414 e. The SMILES string of the molecule is CCCCCCCCCCCC(=O)CC(=O)N[C@H]1[C@@H](OCCCCCCCCCC)[C@H](O)[C@@H](CO[Si](C)(C)C(C)(C)C)O[C@@H]1O. The number of rotatable bonds is 26. The van der Waals surface area contributed by atoms with Gasteiger partial charge in [0.2, 0.25) is 5.91 Å². The van der Waals surface area contributed by atoms with Crippen LogP contribution in [-0.2, 0) is 23.5 Å². The Labute approximate surface area is 277 Å². The third kappa shape index (κ3) is 17.8. The van der Waals surface area contributed by atoms with E-state index in [0.29, 0.717) is 13.0 Å². The lowest BCUT2D eigenvalue weighted by Gasteiger charge is -2.44. The number of Topliss-reactive ketones (excluding diaryl/α,β-unsaturated/α-hetero) is 1. The van der Waals surface area contributed by atoms with Crippen LogP contribution in [0.25, 0.3) is 0 Å². The van der Waals surface area contributed by atoms with E-state index < -0.39 is 44.9 Å². The molecular formula is C36H71NO7Si. The van der Waals surface area contributed by atoms with E-state index >= 15 is 0 Å². The lowest BCUT2D eigenvalue weighted by molar-refractivity contribution is -0.261. The van der Waals surface area contributed by atoms with Gasteiger partial charge in [0, 0.05) is 13.0 Å². The van der Waals surface area contributed by atoms with Crippen LogP contribution >= 0.6 is 0 Å². The number of carbonyl (C=O) groups is 2. The molecule has 45 heavy (non-hydrogen) atoms. The number of carbonyl (C=O) groups excluding carboxylic acids is 2. The van der Waals surface area contributed by atoms with Crippen LogP contribution < -0.4 is 5.32 Å². The van der Waals surface area contributed by atoms with Crippen molar-refractivity contribution in [3.8, 4) is 0 Å². The zero-order valence-corrected chi connectivity index (χ0v) is 31.2. The Balaban J connectivity index is 2.65. The van der Waals surface area contributed by atoms with Crippen molar-refractivity contribution in [2.24, 2.45) is 0 Å². The van der Waals surface area contributed by atoms with Crippen molar-refractivity contribution >= 4 is 20.0 Å². The Bertz CT molecular complexity index is 788. The molecule has 0 aromatic heterocycles. The molecule has 0 aliphatic carbocycles. The molecule has 0 aromatic rings. The van der Waals surface area contributed by atoms with Gasteiger partial charge in [0.15, 0.2) is 14.6 Å². The summed E-state index contributed by atoms with van der Waals surface area (Å²) in [6, 6.07) is -0.980. The Morgan fingerprint density at radius 2 is 1.27 bits per heavy atom. The number of aliphatic hydroxyl groups is 2. The molecule has 0 saturated carbocycles. The Morgan fingerprint density at radius 1 is 0.778 bits per heavy atom. The lowest BCUT2D eigenvalue weighted by atomic mass is 9.96. The van der Waals surface area contributed by atoms with Gasteiger partial charge in [0.1, 0.15) is 30.1 Å². The van der Waals surface area contributed by atoms with E-state index in [9.17, 15) is 19.8 Å². The molecule has 0 bridgehead atoms. The van der Waals surface area contributed by atoms with Crippen LogP contribution in [-0.4, -0.2) is 74.1 Å². The Morgan fingerprint density at radius 3 is 1.78 bits per heavy atom. The highest BCUT2D eigenvalue weighted by Gasteiger charge is 2.47. The van der Waals surface area contributed by atoms with Gasteiger partial charge in [-0.25, -0.2) is 0 Å². The van der Waals surface area contributed by atoms with Crippen LogP contribution in [0.4, 0.5) is 0 Å². The molecule has 1 rings (SSSR count). The summed E-state index contributed by atoms with van der Waals surface area (Å²) < 4.78 is 18.3. The number of ether oxygens (including phenoxy) is 2. The van der Waals surface area contributed by atoms with E-state index in [4.69, 9.17) is 13.9 Å². The summed E-state index contributed by atoms with van der Waals surface area (Å²) in [5.74, 6) is -0.591. The topological polar surface area (TPSA) is 114 Å². The number of aliphatic hydroxyl groups excluding tert-OH is 2. The summed E-state index contributed by atoms with van der Waals surface area (Å²) in [6.45, 7) is 15.7. The Hall–Kier alpha value is -0.843. The minimum absolute atomic E-state index is 0.0189. The van der Waals surface area contributed by atoms with E-state index in [1.54, 1.807) is 0 Å². The van der Waals surface area contributed by atoms with Crippen LogP contribution in [0.1, 0.15) is 157 Å². The van der Waals surface area contributed by atoms with Crippen molar-refractivity contribution < 1.29 is 33.7 Å². The first-order valence-corrected chi connectivity index (χ1v) is 21.3. The summed E-state index contributed by atoms with van der Waals surface area (Å²) in [6.07, 6.45) is 15.7. The molecule has 0 aromatic carbocycles. The average Bonchev–Trinajstić information content (AvgIpc) is 2.97. The maximum Gasteiger partial charge on any atom is 0.227 e. The second kappa shape index (κ2) is 23.5. The van der Waals surface area contributed by atoms with Gasteiger partial charge in [-0.2, -0.15) is 0 Å². The monoisotopic (exact) mass is 657 g/mol. The number of hydrogen-bond donors (Lipinski definition) is 3. The van der Waals surface area contributed by atoms with Crippen molar-refractivity contribution in [3.05, 3.63) is 0 Å². The molecule has 8 nitrogen and oxygen atoms in total. The highest BCUT2D eigenvalue weighted by Crippen LogP contribution is 2.37. The average molecular weight is 658 g/mol. The van der Waals surface area contributed by atoms with Gasteiger partial charge in [-0.3, -0.25) is 9.59 Å². The van der Waals surface area contributed by atoms with Crippen LogP contribution in [0.3, 0.4) is 0 Å². The zero-order chi connectivity index (χ0) is 33.7. The standard InChI is InChI=1S/C36H71NO7Si/c1-8-10-12-14-16-18-19-21-23-25-29(38)27-31(39)37-32-34(42-26-24-22-20-17-15-13-11-9-2)33(40)30(44-35(32)41)28-43-45(6,7)36(3,4)5/h30,32-35,40-41H,8-28H2,1-7H3,(H,37,39)/t30-,32+,33-,34-,35+/m1/s1. The highest BCUT2D eigenvalue weighted by atomic mass is 28.4. The summed E-state index contributed by atoms with van der Waals surface area (Å²) >= 11 is 0. The largest absolute Gasteiger partial charge is 0.414 e. The maximum absolute atomic E-state index is 12.9. The van der Waals surface area contributed by atoms with Gasteiger partial charge >= 0.3 is 0 Å². The van der Waals surface area contributed by atoms with Gasteiger partial charge in [-0.1, -0.05) is 131 Å². The molecule has 266 valence electrons. The summed E-state index contributed by atoms with van der Waals surface area (Å²) in [7, 11) is -2.12. The fourth-order valence-corrected chi connectivity index (χ4v) is 6.54. The van der Waals surface area contributed by atoms with Gasteiger partial charge < -0.3 is 29.4 Å². The van der Waals surface area contributed by atoms with Gasteiger partial charge in [0.25, 0.3) is 0 Å². The third-order valence-electron chi connectivity index (χ3n) is 9.66. The van der Waals surface area contributed by atoms with E-state index in [2.05, 4.69) is 53.0 Å². The summed E-state index contributed by atoms with van der Waals surface area (Å²) in [4.78, 5) is 25.4. The molecule has 1 fully saturated rings. The molecule has 1 amide bonds. The quantitative estimate of drug-likeness (QED) is 0.0491. The van der Waals surface area contributed by atoms with Crippen LogP contribution in [0.5, 0.6) is 0 Å². The molecule has 5 atom stereocenters. The minimum atomic E-state index is -2.12. The van der Waals surface area contributed by atoms with Gasteiger partial charge in [-0.15, -0.1) is 0 Å². The molecule has 1 aliphatic rings. The highest BCUT2D eigenvalue weighted by molar-refractivity contribution is 6.74. The summed E-state index contributed by atoms with van der Waals surface area (Å²) in [5.41, 5.74) is 0. The van der Waals surface area contributed by atoms with Gasteiger partial charge in [0.05, 0.1) is 13.0 Å². The van der Waals surface area contributed by atoms with E-state index in [0.717, 1.165) is 38.5 Å².